The lowest BCUT2D eigenvalue weighted by Crippen LogP contribution is -2.17. The van der Waals surface area contributed by atoms with E-state index >= 15 is 0 Å². The van der Waals surface area contributed by atoms with Crippen LogP contribution in [0.15, 0.2) is 29.4 Å². The normalized spacial score (nSPS) is 11.3. The third-order valence-corrected chi connectivity index (χ3v) is 2.02. The maximum Gasteiger partial charge on any atom is 0.573 e. The maximum atomic E-state index is 12.2. The highest BCUT2D eigenvalue weighted by Gasteiger charge is 2.31. The molecular formula is C11H11F3N4O. The van der Waals surface area contributed by atoms with E-state index in [1.807, 2.05) is 0 Å². The molecule has 0 aromatic heterocycles. The summed E-state index contributed by atoms with van der Waals surface area (Å²) in [5.74, 6) is -0.332. The predicted molar refractivity (Wildman–Crippen MR) is 65.2 cm³/mol. The van der Waals surface area contributed by atoms with Crippen LogP contribution in [0.25, 0.3) is 16.5 Å². The van der Waals surface area contributed by atoms with E-state index in [0.29, 0.717) is 12.1 Å². The van der Waals surface area contributed by atoms with Crippen LogP contribution < -0.4 is 10.5 Å². The van der Waals surface area contributed by atoms with Crippen LogP contribution in [-0.4, -0.2) is 12.9 Å². The molecule has 19 heavy (non-hydrogen) atoms. The van der Waals surface area contributed by atoms with E-state index in [1.54, 1.807) is 6.08 Å². The Hall–Kier alpha value is -2.34. The summed E-state index contributed by atoms with van der Waals surface area (Å²) in [7, 11) is 0. The number of nitrogens with zero attached hydrogens (tertiary/aromatic N) is 3. The van der Waals surface area contributed by atoms with Gasteiger partial charge >= 0.3 is 6.36 Å². The van der Waals surface area contributed by atoms with Crippen LogP contribution in [0, 0.1) is 0 Å². The lowest BCUT2D eigenvalue weighted by molar-refractivity contribution is -0.274. The number of nitrogens with two attached hydrogens (primary N) is 1. The molecule has 5 nitrogen and oxygen atoms in total. The first-order chi connectivity index (χ1) is 8.92. The number of anilines is 1. The van der Waals surface area contributed by atoms with Crippen LogP contribution in [0.4, 0.5) is 18.9 Å². The van der Waals surface area contributed by atoms with Crippen molar-refractivity contribution in [1.29, 1.82) is 0 Å². The summed E-state index contributed by atoms with van der Waals surface area (Å²) in [6.45, 7) is 0.227. The second-order valence-electron chi connectivity index (χ2n) is 3.49. The highest BCUT2D eigenvalue weighted by Crippen LogP contribution is 2.28. The van der Waals surface area contributed by atoms with Gasteiger partial charge in [0.15, 0.2) is 0 Å². The van der Waals surface area contributed by atoms with Gasteiger partial charge < -0.3 is 10.5 Å². The summed E-state index contributed by atoms with van der Waals surface area (Å²) in [4.78, 5) is 2.56. The topological polar surface area (TPSA) is 84.0 Å². The van der Waals surface area contributed by atoms with Crippen molar-refractivity contribution >= 4 is 11.8 Å². The molecule has 0 saturated heterocycles. The number of hydrogen-bond acceptors (Lipinski definition) is 3. The van der Waals surface area contributed by atoms with E-state index in [0.717, 1.165) is 6.07 Å². The van der Waals surface area contributed by atoms with Gasteiger partial charge in [-0.1, -0.05) is 17.3 Å². The van der Waals surface area contributed by atoms with E-state index in [2.05, 4.69) is 14.8 Å². The van der Waals surface area contributed by atoms with E-state index in [-0.39, 0.29) is 17.9 Å². The van der Waals surface area contributed by atoms with Crippen molar-refractivity contribution in [3.63, 3.8) is 0 Å². The smallest absolute Gasteiger partial charge is 0.405 e. The maximum absolute atomic E-state index is 12.2. The number of benzene rings is 1. The summed E-state index contributed by atoms with van der Waals surface area (Å²) in [5, 5.41) is 3.30. The van der Waals surface area contributed by atoms with Crippen LogP contribution in [0.1, 0.15) is 12.0 Å². The molecule has 1 aromatic rings. The Morgan fingerprint density at radius 2 is 2.16 bits per heavy atom. The number of rotatable bonds is 5. The summed E-state index contributed by atoms with van der Waals surface area (Å²) in [6.07, 6.45) is -1.34. The quantitative estimate of drug-likeness (QED) is 0.290. The molecule has 0 aliphatic carbocycles. The number of hydrogen-bond donors (Lipinski definition) is 1. The van der Waals surface area contributed by atoms with Gasteiger partial charge in [-0.2, -0.15) is 0 Å². The molecule has 0 spiro atoms. The number of ether oxygens (including phenoxy) is 1. The molecule has 1 rings (SSSR count). The minimum Gasteiger partial charge on any atom is -0.405 e. The molecule has 2 N–H and O–H groups in total. The van der Waals surface area contributed by atoms with Gasteiger partial charge in [0.25, 0.3) is 0 Å². The molecule has 0 amide bonds. The fourth-order valence-electron chi connectivity index (χ4n) is 1.30. The molecule has 0 radical (unpaired) electrons. The number of alkyl halides is 3. The fourth-order valence-corrected chi connectivity index (χ4v) is 1.30. The standard InChI is InChI=1S/C11H11F3N4O/c12-11(13,14)19-10-5-4-9(15)7-8(10)3-1-2-6-17-18-16/h1,3-5,7H,2,6,15H2. The molecule has 0 aliphatic heterocycles. The van der Waals surface area contributed by atoms with Gasteiger partial charge in [-0.25, -0.2) is 0 Å². The molecule has 1 aromatic carbocycles. The zero-order chi connectivity index (χ0) is 14.3. The van der Waals surface area contributed by atoms with Crippen LogP contribution in [0.5, 0.6) is 5.75 Å². The molecule has 8 heteroatoms. The molecule has 0 saturated carbocycles. The number of azide groups is 1. The van der Waals surface area contributed by atoms with Gasteiger partial charge in [-0.05, 0) is 30.2 Å². The third kappa shape index (κ3) is 5.69. The summed E-state index contributed by atoms with van der Waals surface area (Å²) in [5.41, 5.74) is 14.1. The van der Waals surface area contributed by atoms with E-state index in [4.69, 9.17) is 11.3 Å². The molecule has 0 bridgehead atoms. The zero-order valence-electron chi connectivity index (χ0n) is 9.76. The van der Waals surface area contributed by atoms with E-state index in [1.165, 1.54) is 18.2 Å². The molecular weight excluding hydrogens is 261 g/mol. The molecule has 0 heterocycles. The van der Waals surface area contributed by atoms with Crippen molar-refractivity contribution in [2.24, 2.45) is 5.11 Å². The van der Waals surface area contributed by atoms with Gasteiger partial charge in [0.1, 0.15) is 5.75 Å². The van der Waals surface area contributed by atoms with Crippen molar-refractivity contribution < 1.29 is 17.9 Å². The lowest BCUT2D eigenvalue weighted by atomic mass is 10.1. The monoisotopic (exact) mass is 272 g/mol. The molecule has 0 aliphatic rings. The summed E-state index contributed by atoms with van der Waals surface area (Å²) in [6, 6.07) is 3.83. The Morgan fingerprint density at radius 3 is 2.79 bits per heavy atom. The average molecular weight is 272 g/mol. The Kier molecular flexibility index (Phi) is 5.08. The highest BCUT2D eigenvalue weighted by molar-refractivity contribution is 5.62. The van der Waals surface area contributed by atoms with Crippen LogP contribution in [0.3, 0.4) is 0 Å². The van der Waals surface area contributed by atoms with Crippen molar-refractivity contribution in [2.45, 2.75) is 12.8 Å². The Balaban J connectivity index is 2.85. The van der Waals surface area contributed by atoms with Crippen molar-refractivity contribution in [3.05, 3.63) is 40.3 Å². The van der Waals surface area contributed by atoms with Crippen LogP contribution in [-0.2, 0) is 0 Å². The number of nitrogen functional groups attached to an aromatic ring is 1. The van der Waals surface area contributed by atoms with Gasteiger partial charge in [-0.3, -0.25) is 0 Å². The van der Waals surface area contributed by atoms with Crippen molar-refractivity contribution in [1.82, 2.24) is 0 Å². The first-order valence-corrected chi connectivity index (χ1v) is 5.25. The van der Waals surface area contributed by atoms with Crippen molar-refractivity contribution in [3.8, 4) is 5.75 Å². The lowest BCUT2D eigenvalue weighted by Gasteiger charge is -2.11. The van der Waals surface area contributed by atoms with Gasteiger partial charge in [0, 0.05) is 22.7 Å². The third-order valence-electron chi connectivity index (χ3n) is 2.02. The summed E-state index contributed by atoms with van der Waals surface area (Å²) >= 11 is 0. The molecule has 0 unspecified atom stereocenters. The van der Waals surface area contributed by atoms with Gasteiger partial charge in [0.05, 0.1) is 0 Å². The van der Waals surface area contributed by atoms with Crippen LogP contribution >= 0.6 is 0 Å². The van der Waals surface area contributed by atoms with E-state index < -0.39 is 6.36 Å². The first-order valence-electron chi connectivity index (χ1n) is 5.25. The minimum absolute atomic E-state index is 0.207. The first kappa shape index (κ1) is 14.7. The van der Waals surface area contributed by atoms with E-state index in [9.17, 15) is 13.2 Å². The summed E-state index contributed by atoms with van der Waals surface area (Å²) < 4.78 is 40.4. The predicted octanol–water partition coefficient (Wildman–Crippen LogP) is 3.88. The Bertz CT molecular complexity index is 507. The van der Waals surface area contributed by atoms with Crippen molar-refractivity contribution in [2.75, 3.05) is 12.3 Å². The van der Waals surface area contributed by atoms with Gasteiger partial charge in [-0.15, -0.1) is 13.2 Å². The second-order valence-corrected chi connectivity index (χ2v) is 3.49. The van der Waals surface area contributed by atoms with Gasteiger partial charge in [0.2, 0.25) is 0 Å². The SMILES string of the molecule is [N-]=[N+]=NCCC=Cc1cc(N)ccc1OC(F)(F)F. The Labute approximate surface area is 107 Å². The number of halogens is 3. The fraction of sp³-hybridized carbons (Fsp3) is 0.273. The van der Waals surface area contributed by atoms with Crippen LogP contribution in [0.2, 0.25) is 0 Å². The molecule has 0 fully saturated rings. The highest BCUT2D eigenvalue weighted by atomic mass is 19.4. The minimum atomic E-state index is -4.76. The zero-order valence-corrected chi connectivity index (χ0v) is 9.76. The molecule has 102 valence electrons. The average Bonchev–Trinajstić information content (AvgIpc) is 2.30. The largest absolute Gasteiger partial charge is 0.573 e. The second kappa shape index (κ2) is 6.55. The Morgan fingerprint density at radius 1 is 1.42 bits per heavy atom. The molecule has 0 atom stereocenters.